The van der Waals surface area contributed by atoms with Crippen molar-refractivity contribution in [2.45, 2.75) is 26.8 Å². The molecule has 0 spiro atoms. The van der Waals surface area contributed by atoms with Crippen LogP contribution in [0.4, 0.5) is 5.82 Å². The van der Waals surface area contributed by atoms with E-state index in [9.17, 15) is 0 Å². The fourth-order valence-corrected chi connectivity index (χ4v) is 2.18. The highest BCUT2D eigenvalue weighted by molar-refractivity contribution is 6.31. The normalized spacial score (nSPS) is 13.0. The van der Waals surface area contributed by atoms with Crippen molar-refractivity contribution in [1.29, 1.82) is 0 Å². The second kappa shape index (κ2) is 5.33. The van der Waals surface area contributed by atoms with Crippen LogP contribution >= 0.6 is 11.6 Å². The van der Waals surface area contributed by atoms with Crippen LogP contribution in [0.1, 0.15) is 20.8 Å². The summed E-state index contributed by atoms with van der Waals surface area (Å²) in [6.07, 6.45) is 4.96. The van der Waals surface area contributed by atoms with Crippen molar-refractivity contribution in [1.82, 2.24) is 29.4 Å². The molecular weight excluding hydrogens is 290 g/mol. The van der Waals surface area contributed by atoms with Gasteiger partial charge < -0.3 is 5.32 Å². The van der Waals surface area contributed by atoms with Crippen molar-refractivity contribution in [2.75, 3.05) is 5.32 Å². The zero-order valence-electron chi connectivity index (χ0n) is 12.0. The van der Waals surface area contributed by atoms with Gasteiger partial charge in [-0.25, -0.2) is 4.68 Å². The third kappa shape index (κ3) is 2.44. The van der Waals surface area contributed by atoms with Crippen LogP contribution in [0.25, 0.3) is 11.5 Å². The minimum atomic E-state index is 0.227. The first-order chi connectivity index (χ1) is 10.1. The number of fused-ring (bicyclic) bond motifs is 1. The first kappa shape index (κ1) is 13.8. The van der Waals surface area contributed by atoms with Crippen LogP contribution in [0.15, 0.2) is 24.8 Å². The maximum absolute atomic E-state index is 6.33. The fraction of sp³-hybridized carbons (Fsp3) is 0.385. The monoisotopic (exact) mass is 305 g/mol. The summed E-state index contributed by atoms with van der Waals surface area (Å²) in [7, 11) is 0. The van der Waals surface area contributed by atoms with E-state index < -0.39 is 0 Å². The average molecular weight is 306 g/mol. The van der Waals surface area contributed by atoms with E-state index in [-0.39, 0.29) is 6.04 Å². The van der Waals surface area contributed by atoms with Crippen LogP contribution in [0, 0.1) is 5.92 Å². The first-order valence-electron chi connectivity index (χ1n) is 6.73. The molecule has 8 heteroatoms. The summed E-state index contributed by atoms with van der Waals surface area (Å²) < 4.78 is 3.31. The van der Waals surface area contributed by atoms with Crippen molar-refractivity contribution in [3.8, 4) is 5.69 Å². The third-order valence-corrected chi connectivity index (χ3v) is 3.72. The van der Waals surface area contributed by atoms with Gasteiger partial charge in [-0.3, -0.25) is 0 Å². The van der Waals surface area contributed by atoms with Crippen LogP contribution in [0.2, 0.25) is 5.15 Å². The smallest absolute Gasteiger partial charge is 0.255 e. The van der Waals surface area contributed by atoms with E-state index >= 15 is 0 Å². The molecule has 7 nitrogen and oxygen atoms in total. The number of hydrogen-bond donors (Lipinski definition) is 1. The topological polar surface area (TPSA) is 72.9 Å². The van der Waals surface area contributed by atoms with Crippen molar-refractivity contribution in [2.24, 2.45) is 5.92 Å². The van der Waals surface area contributed by atoms with Crippen LogP contribution < -0.4 is 5.32 Å². The number of anilines is 1. The molecule has 3 rings (SSSR count). The summed E-state index contributed by atoms with van der Waals surface area (Å²) in [4.78, 5) is 8.36. The van der Waals surface area contributed by atoms with Gasteiger partial charge in [0.15, 0.2) is 11.0 Å². The molecule has 1 atom stereocenters. The Bertz CT molecular complexity index is 747. The molecular formula is C13H16ClN7. The Labute approximate surface area is 127 Å². The van der Waals surface area contributed by atoms with Gasteiger partial charge in [-0.1, -0.05) is 25.4 Å². The molecule has 0 aliphatic carbocycles. The van der Waals surface area contributed by atoms with Crippen LogP contribution in [-0.4, -0.2) is 35.4 Å². The van der Waals surface area contributed by atoms with E-state index in [0.717, 1.165) is 5.82 Å². The summed E-state index contributed by atoms with van der Waals surface area (Å²) in [5.74, 6) is 1.63. The van der Waals surface area contributed by atoms with E-state index in [1.54, 1.807) is 15.4 Å². The van der Waals surface area contributed by atoms with Crippen molar-refractivity contribution < 1.29 is 0 Å². The highest BCUT2D eigenvalue weighted by Crippen LogP contribution is 2.28. The molecule has 110 valence electrons. The molecule has 0 saturated heterocycles. The Kier molecular flexibility index (Phi) is 3.50. The zero-order valence-corrected chi connectivity index (χ0v) is 12.8. The predicted molar refractivity (Wildman–Crippen MR) is 80.8 cm³/mol. The molecule has 1 unspecified atom stereocenters. The Balaban J connectivity index is 2.22. The summed E-state index contributed by atoms with van der Waals surface area (Å²) in [6.45, 7) is 6.40. The van der Waals surface area contributed by atoms with Crippen LogP contribution in [0.5, 0.6) is 0 Å². The summed E-state index contributed by atoms with van der Waals surface area (Å²) in [5, 5.41) is 12.2. The summed E-state index contributed by atoms with van der Waals surface area (Å²) >= 11 is 6.33. The lowest BCUT2D eigenvalue weighted by Crippen LogP contribution is -2.25. The number of aromatic nitrogens is 6. The number of nitrogens with one attached hydrogen (secondary N) is 1. The summed E-state index contributed by atoms with van der Waals surface area (Å²) in [5.41, 5.74) is 0.659. The molecule has 3 heterocycles. The summed E-state index contributed by atoms with van der Waals surface area (Å²) in [6, 6.07) is 2.06. The molecule has 3 aromatic heterocycles. The minimum Gasteiger partial charge on any atom is -0.365 e. The van der Waals surface area contributed by atoms with Gasteiger partial charge in [-0.05, 0) is 18.9 Å². The van der Waals surface area contributed by atoms with Gasteiger partial charge in [0.05, 0.1) is 0 Å². The van der Waals surface area contributed by atoms with E-state index in [4.69, 9.17) is 11.6 Å². The number of rotatable bonds is 4. The fourth-order valence-electron chi connectivity index (χ4n) is 1.92. The third-order valence-electron chi connectivity index (χ3n) is 3.46. The van der Waals surface area contributed by atoms with Crippen molar-refractivity contribution in [3.63, 3.8) is 0 Å². The Morgan fingerprint density at radius 2 is 2.05 bits per heavy atom. The van der Waals surface area contributed by atoms with Gasteiger partial charge in [0.2, 0.25) is 0 Å². The van der Waals surface area contributed by atoms with Gasteiger partial charge in [-0.15, -0.1) is 0 Å². The Morgan fingerprint density at radius 1 is 1.24 bits per heavy atom. The molecule has 0 saturated carbocycles. The average Bonchev–Trinajstić information content (AvgIpc) is 3.08. The van der Waals surface area contributed by atoms with E-state index in [0.29, 0.717) is 22.5 Å². The quantitative estimate of drug-likeness (QED) is 0.749. The van der Waals surface area contributed by atoms with Gasteiger partial charge in [-0.2, -0.15) is 24.7 Å². The van der Waals surface area contributed by atoms with E-state index in [1.165, 1.54) is 6.33 Å². The Morgan fingerprint density at radius 3 is 2.71 bits per heavy atom. The second-order valence-corrected chi connectivity index (χ2v) is 5.56. The molecule has 0 fully saturated rings. The van der Waals surface area contributed by atoms with E-state index in [1.807, 2.05) is 12.3 Å². The maximum Gasteiger partial charge on any atom is 0.255 e. The standard InChI is InChI=1S/C13H16ClN7/c1-8(2)9(3)18-12-10(20-6-4-5-16-20)11(14)19-13-15-7-17-21(12)13/h4-9,18H,1-3H3. The minimum absolute atomic E-state index is 0.227. The van der Waals surface area contributed by atoms with Crippen molar-refractivity contribution in [3.05, 3.63) is 29.9 Å². The second-order valence-electron chi connectivity index (χ2n) is 5.20. The number of nitrogens with zero attached hydrogens (tertiary/aromatic N) is 6. The number of halogens is 1. The molecule has 0 aromatic carbocycles. The van der Waals surface area contributed by atoms with E-state index in [2.05, 4.69) is 46.3 Å². The van der Waals surface area contributed by atoms with Gasteiger partial charge in [0, 0.05) is 18.4 Å². The zero-order chi connectivity index (χ0) is 15.0. The van der Waals surface area contributed by atoms with Gasteiger partial charge in [0.25, 0.3) is 5.78 Å². The molecule has 0 radical (unpaired) electrons. The molecule has 0 aliphatic heterocycles. The highest BCUT2D eigenvalue weighted by atomic mass is 35.5. The van der Waals surface area contributed by atoms with Crippen LogP contribution in [0.3, 0.4) is 0 Å². The van der Waals surface area contributed by atoms with Gasteiger partial charge >= 0.3 is 0 Å². The SMILES string of the molecule is CC(C)C(C)Nc1c(-n2cccn2)c(Cl)nc2ncnn12. The molecule has 0 bridgehead atoms. The largest absolute Gasteiger partial charge is 0.365 e. The molecule has 1 N–H and O–H groups in total. The molecule has 0 amide bonds. The molecule has 3 aromatic rings. The maximum atomic E-state index is 6.33. The lowest BCUT2D eigenvalue weighted by atomic mass is 10.1. The van der Waals surface area contributed by atoms with Crippen LogP contribution in [-0.2, 0) is 0 Å². The Hall–Kier alpha value is -2.15. The molecule has 21 heavy (non-hydrogen) atoms. The number of hydrogen-bond acceptors (Lipinski definition) is 5. The van der Waals surface area contributed by atoms with Gasteiger partial charge in [0.1, 0.15) is 12.0 Å². The lowest BCUT2D eigenvalue weighted by Gasteiger charge is -2.21. The molecule has 0 aliphatic rings. The van der Waals surface area contributed by atoms with Crippen molar-refractivity contribution >= 4 is 23.2 Å². The lowest BCUT2D eigenvalue weighted by molar-refractivity contribution is 0.555. The first-order valence-corrected chi connectivity index (χ1v) is 7.11. The highest BCUT2D eigenvalue weighted by Gasteiger charge is 2.20. The predicted octanol–water partition coefficient (Wildman–Crippen LogP) is 2.42.